The Morgan fingerprint density at radius 2 is 2.19 bits per heavy atom. The summed E-state index contributed by atoms with van der Waals surface area (Å²) < 4.78 is 5.49. The minimum absolute atomic E-state index is 0.132. The van der Waals surface area contributed by atoms with E-state index in [0.717, 1.165) is 6.54 Å². The third-order valence-electron chi connectivity index (χ3n) is 1.94. The topological polar surface area (TPSA) is 47.0 Å². The number of nitrogens with zero attached hydrogens (tertiary/aromatic N) is 2. The van der Waals surface area contributed by atoms with E-state index in [-0.39, 0.29) is 6.10 Å². The van der Waals surface area contributed by atoms with Crippen LogP contribution in [0.15, 0.2) is 12.3 Å². The van der Waals surface area contributed by atoms with Crippen LogP contribution >= 0.6 is 11.8 Å². The van der Waals surface area contributed by atoms with Crippen LogP contribution in [-0.2, 0) is 0 Å². The van der Waals surface area contributed by atoms with Gasteiger partial charge in [0.05, 0.1) is 6.10 Å². The lowest BCUT2D eigenvalue weighted by Gasteiger charge is -2.11. The van der Waals surface area contributed by atoms with Gasteiger partial charge in [0.1, 0.15) is 0 Å². The van der Waals surface area contributed by atoms with Crippen molar-refractivity contribution in [3.8, 4) is 5.88 Å². The van der Waals surface area contributed by atoms with Gasteiger partial charge in [-0.1, -0.05) is 6.92 Å². The largest absolute Gasteiger partial charge is 0.475 e. The van der Waals surface area contributed by atoms with E-state index in [4.69, 9.17) is 4.74 Å². The Hall–Kier alpha value is -0.970. The van der Waals surface area contributed by atoms with Gasteiger partial charge in [0.15, 0.2) is 0 Å². The normalized spacial score (nSPS) is 12.6. The molecule has 90 valence electrons. The standard InChI is InChI=1S/C11H19N3OS/c1-8(2)15-10-5-6-12-11(14-10)13-7-9(3)16-4/h5-6,8-9H,7H2,1-4H3,(H,12,13,14). The molecule has 0 saturated heterocycles. The molecule has 1 unspecified atom stereocenters. The number of thioether (sulfide) groups is 1. The molecular formula is C11H19N3OS. The van der Waals surface area contributed by atoms with Crippen LogP contribution in [0.5, 0.6) is 5.88 Å². The molecule has 5 heteroatoms. The molecule has 0 aromatic carbocycles. The molecule has 4 nitrogen and oxygen atoms in total. The van der Waals surface area contributed by atoms with Crippen molar-refractivity contribution in [1.29, 1.82) is 0 Å². The van der Waals surface area contributed by atoms with Crippen LogP contribution in [0.25, 0.3) is 0 Å². The molecule has 0 aliphatic heterocycles. The summed E-state index contributed by atoms with van der Waals surface area (Å²) in [6.07, 6.45) is 3.93. The second kappa shape index (κ2) is 6.58. The van der Waals surface area contributed by atoms with E-state index in [9.17, 15) is 0 Å². The average molecular weight is 241 g/mol. The Labute approximate surface area is 101 Å². The van der Waals surface area contributed by atoms with Crippen molar-refractivity contribution in [2.24, 2.45) is 0 Å². The molecule has 0 radical (unpaired) electrons. The highest BCUT2D eigenvalue weighted by Crippen LogP contribution is 2.11. The van der Waals surface area contributed by atoms with Crippen molar-refractivity contribution in [2.45, 2.75) is 32.1 Å². The first kappa shape index (κ1) is 13.1. The number of rotatable bonds is 6. The average Bonchev–Trinajstić information content (AvgIpc) is 2.25. The molecule has 16 heavy (non-hydrogen) atoms. The molecule has 1 heterocycles. The summed E-state index contributed by atoms with van der Waals surface area (Å²) in [6, 6.07) is 1.77. The molecule has 0 spiro atoms. The summed E-state index contributed by atoms with van der Waals surface area (Å²) >= 11 is 1.81. The predicted molar refractivity (Wildman–Crippen MR) is 69.3 cm³/mol. The van der Waals surface area contributed by atoms with E-state index in [2.05, 4.69) is 28.5 Å². The maximum atomic E-state index is 5.49. The fraction of sp³-hybridized carbons (Fsp3) is 0.636. The van der Waals surface area contributed by atoms with Crippen molar-refractivity contribution >= 4 is 17.7 Å². The van der Waals surface area contributed by atoms with Gasteiger partial charge in [0.2, 0.25) is 11.8 Å². The van der Waals surface area contributed by atoms with Gasteiger partial charge in [0.25, 0.3) is 0 Å². The minimum Gasteiger partial charge on any atom is -0.475 e. The van der Waals surface area contributed by atoms with Crippen LogP contribution in [-0.4, -0.2) is 34.1 Å². The predicted octanol–water partition coefficient (Wildman–Crippen LogP) is 2.43. The summed E-state index contributed by atoms with van der Waals surface area (Å²) in [5, 5.41) is 3.73. The summed E-state index contributed by atoms with van der Waals surface area (Å²) in [5.41, 5.74) is 0. The smallest absolute Gasteiger partial charge is 0.225 e. The van der Waals surface area contributed by atoms with Crippen molar-refractivity contribution < 1.29 is 4.74 Å². The molecule has 0 aliphatic rings. The highest BCUT2D eigenvalue weighted by Gasteiger charge is 2.03. The molecule has 0 aliphatic carbocycles. The number of nitrogens with one attached hydrogen (secondary N) is 1. The molecule has 0 amide bonds. The van der Waals surface area contributed by atoms with E-state index >= 15 is 0 Å². The van der Waals surface area contributed by atoms with Crippen molar-refractivity contribution in [2.75, 3.05) is 18.1 Å². The quantitative estimate of drug-likeness (QED) is 0.829. The van der Waals surface area contributed by atoms with Crippen LogP contribution in [0.4, 0.5) is 5.95 Å². The molecule has 1 N–H and O–H groups in total. The summed E-state index contributed by atoms with van der Waals surface area (Å²) in [7, 11) is 0. The van der Waals surface area contributed by atoms with Gasteiger partial charge in [0, 0.05) is 24.1 Å². The zero-order valence-corrected chi connectivity index (χ0v) is 11.0. The number of hydrogen-bond acceptors (Lipinski definition) is 5. The molecule has 0 saturated carbocycles. The highest BCUT2D eigenvalue weighted by atomic mass is 32.2. The zero-order valence-electron chi connectivity index (χ0n) is 10.2. The second-order valence-corrected chi connectivity index (χ2v) is 5.09. The van der Waals surface area contributed by atoms with Crippen LogP contribution in [0.1, 0.15) is 20.8 Å². The lowest BCUT2D eigenvalue weighted by molar-refractivity contribution is 0.232. The third-order valence-corrected chi connectivity index (χ3v) is 2.91. The van der Waals surface area contributed by atoms with Gasteiger partial charge in [-0.2, -0.15) is 16.7 Å². The number of anilines is 1. The van der Waals surface area contributed by atoms with Gasteiger partial charge in [-0.15, -0.1) is 0 Å². The number of ether oxygens (including phenoxy) is 1. The van der Waals surface area contributed by atoms with Crippen molar-refractivity contribution in [3.05, 3.63) is 12.3 Å². The Kier molecular flexibility index (Phi) is 5.38. The van der Waals surface area contributed by atoms with Crippen LogP contribution < -0.4 is 10.1 Å². The first-order valence-corrected chi connectivity index (χ1v) is 6.67. The van der Waals surface area contributed by atoms with E-state index in [1.807, 2.05) is 25.6 Å². The first-order valence-electron chi connectivity index (χ1n) is 5.38. The van der Waals surface area contributed by atoms with Crippen LogP contribution in [0.2, 0.25) is 0 Å². The van der Waals surface area contributed by atoms with Crippen molar-refractivity contribution in [3.63, 3.8) is 0 Å². The van der Waals surface area contributed by atoms with Crippen LogP contribution in [0, 0.1) is 0 Å². The summed E-state index contributed by atoms with van der Waals surface area (Å²) in [5.74, 6) is 1.24. The molecule has 1 atom stereocenters. The van der Waals surface area contributed by atoms with Gasteiger partial charge in [-0.25, -0.2) is 4.98 Å². The SMILES string of the molecule is CSC(C)CNc1nccc(OC(C)C)n1. The molecule has 0 fully saturated rings. The number of hydrogen-bond donors (Lipinski definition) is 1. The molecule has 0 bridgehead atoms. The van der Waals surface area contributed by atoms with Gasteiger partial charge in [-0.05, 0) is 20.1 Å². The fourth-order valence-electron chi connectivity index (χ4n) is 1.05. The van der Waals surface area contributed by atoms with E-state index in [0.29, 0.717) is 17.1 Å². The lowest BCUT2D eigenvalue weighted by atomic mass is 10.4. The van der Waals surface area contributed by atoms with Crippen LogP contribution in [0.3, 0.4) is 0 Å². The molecular weight excluding hydrogens is 222 g/mol. The van der Waals surface area contributed by atoms with E-state index < -0.39 is 0 Å². The minimum atomic E-state index is 0.132. The molecule has 1 aromatic heterocycles. The van der Waals surface area contributed by atoms with E-state index in [1.165, 1.54) is 0 Å². The molecule has 1 aromatic rings. The summed E-state index contributed by atoms with van der Waals surface area (Å²) in [4.78, 5) is 8.41. The molecule has 1 rings (SSSR count). The van der Waals surface area contributed by atoms with Crippen molar-refractivity contribution in [1.82, 2.24) is 9.97 Å². The van der Waals surface area contributed by atoms with E-state index in [1.54, 1.807) is 12.3 Å². The zero-order chi connectivity index (χ0) is 12.0. The Bertz CT molecular complexity index is 320. The monoisotopic (exact) mass is 241 g/mol. The fourth-order valence-corrected chi connectivity index (χ4v) is 1.30. The Morgan fingerprint density at radius 1 is 1.44 bits per heavy atom. The maximum Gasteiger partial charge on any atom is 0.225 e. The van der Waals surface area contributed by atoms with Gasteiger partial charge >= 0.3 is 0 Å². The summed E-state index contributed by atoms with van der Waals surface area (Å²) in [6.45, 7) is 6.97. The first-order chi connectivity index (χ1) is 7.61. The number of aromatic nitrogens is 2. The lowest BCUT2D eigenvalue weighted by Crippen LogP contribution is -2.15. The Balaban J connectivity index is 2.53. The van der Waals surface area contributed by atoms with Gasteiger partial charge < -0.3 is 10.1 Å². The Morgan fingerprint density at radius 3 is 2.81 bits per heavy atom. The third kappa shape index (κ3) is 4.70. The second-order valence-electron chi connectivity index (χ2n) is 3.81. The maximum absolute atomic E-state index is 5.49. The highest BCUT2D eigenvalue weighted by molar-refractivity contribution is 7.99. The van der Waals surface area contributed by atoms with Gasteiger partial charge in [-0.3, -0.25) is 0 Å².